The predicted octanol–water partition coefficient (Wildman–Crippen LogP) is 4.76. The Labute approximate surface area is 164 Å². The van der Waals surface area contributed by atoms with E-state index in [0.29, 0.717) is 28.1 Å². The SMILES string of the molecule is O=C1/C(=C\c2ccc(-n3cncn3)c(F)c2)CCOc2c1ccc(Cl)c2Cl. The van der Waals surface area contributed by atoms with Gasteiger partial charge in [-0.25, -0.2) is 14.1 Å². The average molecular weight is 404 g/mol. The summed E-state index contributed by atoms with van der Waals surface area (Å²) in [5.41, 5.74) is 1.67. The first-order valence-corrected chi connectivity index (χ1v) is 8.81. The number of rotatable bonds is 2. The molecule has 3 aromatic rings. The summed E-state index contributed by atoms with van der Waals surface area (Å²) in [5, 5.41) is 4.45. The number of nitrogens with zero attached hydrogens (tertiary/aromatic N) is 3. The van der Waals surface area contributed by atoms with E-state index in [-0.39, 0.29) is 28.8 Å². The van der Waals surface area contributed by atoms with Crippen molar-refractivity contribution in [2.75, 3.05) is 6.61 Å². The molecule has 8 heteroatoms. The Bertz CT molecular complexity index is 1070. The Morgan fingerprint density at radius 3 is 2.81 bits per heavy atom. The van der Waals surface area contributed by atoms with E-state index in [1.54, 1.807) is 30.3 Å². The van der Waals surface area contributed by atoms with Gasteiger partial charge in [-0.3, -0.25) is 4.79 Å². The molecule has 1 aliphatic rings. The Kier molecular flexibility index (Phi) is 4.68. The van der Waals surface area contributed by atoms with Crippen LogP contribution in [0.4, 0.5) is 4.39 Å². The zero-order chi connectivity index (χ0) is 19.0. The summed E-state index contributed by atoms with van der Waals surface area (Å²) < 4.78 is 21.4. The molecule has 0 saturated carbocycles. The van der Waals surface area contributed by atoms with Crippen LogP contribution in [0.15, 0.2) is 48.6 Å². The van der Waals surface area contributed by atoms with Crippen LogP contribution >= 0.6 is 23.2 Å². The minimum Gasteiger partial charge on any atom is -0.491 e. The summed E-state index contributed by atoms with van der Waals surface area (Å²) in [6, 6.07) is 7.78. The maximum Gasteiger partial charge on any atom is 0.192 e. The number of aromatic nitrogens is 3. The van der Waals surface area contributed by atoms with E-state index < -0.39 is 5.82 Å². The van der Waals surface area contributed by atoms with E-state index in [9.17, 15) is 9.18 Å². The lowest BCUT2D eigenvalue weighted by atomic mass is 9.99. The number of Topliss-reactive ketones (excluding diaryl/α,β-unsaturated/α-hetero) is 1. The second-order valence-electron chi connectivity index (χ2n) is 5.89. The summed E-state index contributed by atoms with van der Waals surface area (Å²) >= 11 is 12.1. The maximum atomic E-state index is 14.4. The normalized spacial score (nSPS) is 15.4. The molecule has 0 bridgehead atoms. The van der Waals surface area contributed by atoms with Crippen LogP contribution in [0, 0.1) is 5.82 Å². The van der Waals surface area contributed by atoms with Gasteiger partial charge in [0.05, 0.1) is 17.2 Å². The third kappa shape index (κ3) is 3.34. The van der Waals surface area contributed by atoms with E-state index >= 15 is 0 Å². The number of carbonyl (C=O) groups excluding carboxylic acids is 1. The minimum atomic E-state index is -0.470. The number of ether oxygens (including phenoxy) is 1. The Balaban J connectivity index is 1.70. The van der Waals surface area contributed by atoms with Crippen molar-refractivity contribution >= 4 is 35.1 Å². The molecule has 0 saturated heterocycles. The van der Waals surface area contributed by atoms with Crippen molar-refractivity contribution in [3.05, 3.63) is 75.5 Å². The van der Waals surface area contributed by atoms with E-state index in [2.05, 4.69) is 10.1 Å². The topological polar surface area (TPSA) is 57.0 Å². The Morgan fingerprint density at radius 1 is 1.22 bits per heavy atom. The predicted molar refractivity (Wildman–Crippen MR) is 100 cm³/mol. The monoisotopic (exact) mass is 403 g/mol. The first-order valence-electron chi connectivity index (χ1n) is 8.05. The lowest BCUT2D eigenvalue weighted by Crippen LogP contribution is -2.03. The highest BCUT2D eigenvalue weighted by Gasteiger charge is 2.24. The van der Waals surface area contributed by atoms with Crippen LogP contribution in [0.2, 0.25) is 10.0 Å². The van der Waals surface area contributed by atoms with Crippen LogP contribution < -0.4 is 4.74 Å². The third-order valence-electron chi connectivity index (χ3n) is 4.18. The third-order valence-corrected chi connectivity index (χ3v) is 4.97. The fourth-order valence-corrected chi connectivity index (χ4v) is 3.24. The maximum absolute atomic E-state index is 14.4. The van der Waals surface area contributed by atoms with Crippen molar-refractivity contribution in [1.29, 1.82) is 0 Å². The van der Waals surface area contributed by atoms with Gasteiger partial charge < -0.3 is 4.74 Å². The van der Waals surface area contributed by atoms with Gasteiger partial charge in [-0.1, -0.05) is 29.3 Å². The van der Waals surface area contributed by atoms with Gasteiger partial charge >= 0.3 is 0 Å². The van der Waals surface area contributed by atoms with Crippen molar-refractivity contribution in [3.63, 3.8) is 0 Å². The fourth-order valence-electron chi connectivity index (χ4n) is 2.87. The molecule has 0 spiro atoms. The van der Waals surface area contributed by atoms with E-state index in [1.807, 2.05) is 0 Å². The molecule has 0 atom stereocenters. The molecule has 136 valence electrons. The highest BCUT2D eigenvalue weighted by atomic mass is 35.5. The Hall–Kier alpha value is -2.70. The molecule has 2 aromatic carbocycles. The smallest absolute Gasteiger partial charge is 0.192 e. The summed E-state index contributed by atoms with van der Waals surface area (Å²) in [6.45, 7) is 0.268. The molecular weight excluding hydrogens is 392 g/mol. The van der Waals surface area contributed by atoms with Crippen molar-refractivity contribution in [2.24, 2.45) is 0 Å². The number of benzene rings is 2. The number of fused-ring (bicyclic) bond motifs is 1. The Morgan fingerprint density at radius 2 is 2.07 bits per heavy atom. The molecule has 1 aliphatic heterocycles. The fraction of sp³-hybridized carbons (Fsp3) is 0.105. The van der Waals surface area contributed by atoms with Gasteiger partial charge in [0.15, 0.2) is 11.5 Å². The summed E-state index contributed by atoms with van der Waals surface area (Å²) in [5.74, 6) is -0.408. The van der Waals surface area contributed by atoms with E-state index in [0.717, 1.165) is 0 Å². The van der Waals surface area contributed by atoms with Crippen LogP contribution in [-0.2, 0) is 0 Å². The average Bonchev–Trinajstić information content (AvgIpc) is 3.13. The van der Waals surface area contributed by atoms with Crippen molar-refractivity contribution < 1.29 is 13.9 Å². The lowest BCUT2D eigenvalue weighted by Gasteiger charge is -2.08. The zero-order valence-electron chi connectivity index (χ0n) is 13.8. The molecule has 0 unspecified atom stereocenters. The molecule has 0 amide bonds. The first-order chi connectivity index (χ1) is 13.0. The minimum absolute atomic E-state index is 0.215. The van der Waals surface area contributed by atoms with E-state index in [4.69, 9.17) is 27.9 Å². The van der Waals surface area contributed by atoms with Crippen LogP contribution in [0.25, 0.3) is 11.8 Å². The number of ketones is 1. The molecule has 0 aliphatic carbocycles. The number of hydrogen-bond donors (Lipinski definition) is 0. The zero-order valence-corrected chi connectivity index (χ0v) is 15.3. The van der Waals surface area contributed by atoms with Crippen molar-refractivity contribution in [1.82, 2.24) is 14.8 Å². The second kappa shape index (κ2) is 7.13. The first kappa shape index (κ1) is 17.7. The molecule has 1 aromatic heterocycles. The van der Waals surface area contributed by atoms with Gasteiger partial charge in [0.2, 0.25) is 0 Å². The molecule has 27 heavy (non-hydrogen) atoms. The molecule has 5 nitrogen and oxygen atoms in total. The molecular formula is C19H12Cl2FN3O2. The van der Waals surface area contributed by atoms with Gasteiger partial charge in [-0.15, -0.1) is 0 Å². The highest BCUT2D eigenvalue weighted by molar-refractivity contribution is 6.43. The van der Waals surface area contributed by atoms with Crippen LogP contribution in [0.3, 0.4) is 0 Å². The molecule has 0 N–H and O–H groups in total. The lowest BCUT2D eigenvalue weighted by molar-refractivity contribution is 0.103. The number of carbonyl (C=O) groups is 1. The van der Waals surface area contributed by atoms with Gasteiger partial charge in [0, 0.05) is 12.0 Å². The second-order valence-corrected chi connectivity index (χ2v) is 6.67. The quantitative estimate of drug-likeness (QED) is 0.578. The van der Waals surface area contributed by atoms with Gasteiger partial charge in [0.1, 0.15) is 29.2 Å². The number of hydrogen-bond acceptors (Lipinski definition) is 4. The standard InChI is InChI=1S/C19H12Cl2FN3O2/c20-14-3-2-13-18(26)12(5-6-27-19(13)17(14)21)7-11-1-4-16(15(22)8-11)25-10-23-9-24-25/h1-4,7-10H,5-6H2/b12-7-. The highest BCUT2D eigenvalue weighted by Crippen LogP contribution is 2.38. The van der Waals surface area contributed by atoms with Gasteiger partial charge in [-0.05, 0) is 35.9 Å². The summed E-state index contributed by atoms with van der Waals surface area (Å²) in [6.07, 6.45) is 4.76. The molecule has 0 fully saturated rings. The van der Waals surface area contributed by atoms with Crippen molar-refractivity contribution in [2.45, 2.75) is 6.42 Å². The van der Waals surface area contributed by atoms with Crippen molar-refractivity contribution in [3.8, 4) is 11.4 Å². The summed E-state index contributed by atoms with van der Waals surface area (Å²) in [7, 11) is 0. The van der Waals surface area contributed by atoms with Crippen LogP contribution in [-0.4, -0.2) is 27.2 Å². The summed E-state index contributed by atoms with van der Waals surface area (Å²) in [4.78, 5) is 16.7. The molecule has 0 radical (unpaired) electrons. The van der Waals surface area contributed by atoms with Crippen LogP contribution in [0.1, 0.15) is 22.3 Å². The molecule has 2 heterocycles. The van der Waals surface area contributed by atoms with Gasteiger partial charge in [0.25, 0.3) is 0 Å². The number of halogens is 3. The van der Waals surface area contributed by atoms with Gasteiger partial charge in [-0.2, -0.15) is 5.10 Å². The van der Waals surface area contributed by atoms with E-state index in [1.165, 1.54) is 23.4 Å². The molecule has 4 rings (SSSR count). The van der Waals surface area contributed by atoms with Crippen LogP contribution in [0.5, 0.6) is 5.75 Å². The largest absolute Gasteiger partial charge is 0.491 e.